The quantitative estimate of drug-likeness (QED) is 0.688. The number of benzene rings is 1. The van der Waals surface area contributed by atoms with Gasteiger partial charge in [0.25, 0.3) is 11.8 Å². The predicted molar refractivity (Wildman–Crippen MR) is 104 cm³/mol. The number of likely N-dealkylation sites (N-methyl/N-ethyl adjacent to an activating group) is 1. The van der Waals surface area contributed by atoms with Crippen molar-refractivity contribution in [3.8, 4) is 0 Å². The third-order valence-corrected chi connectivity index (χ3v) is 3.54. The number of hydrogen-bond acceptors (Lipinski definition) is 5. The molecule has 8 heteroatoms. The van der Waals surface area contributed by atoms with Crippen LogP contribution in [0.1, 0.15) is 27.8 Å². The number of rotatable bonds is 7. The van der Waals surface area contributed by atoms with Gasteiger partial charge in [-0.2, -0.15) is 0 Å². The van der Waals surface area contributed by atoms with Gasteiger partial charge in [0.15, 0.2) is 0 Å². The molecule has 3 N–H and O–H groups in total. The van der Waals surface area contributed by atoms with Crippen molar-refractivity contribution in [3.63, 3.8) is 0 Å². The molecule has 27 heavy (non-hydrogen) atoms. The average molecular weight is 369 g/mol. The number of nitrogens with one attached hydrogen (secondary N) is 3. The second kappa shape index (κ2) is 9.44. The lowest BCUT2D eigenvalue weighted by atomic mass is 10.2. The van der Waals surface area contributed by atoms with E-state index in [-0.39, 0.29) is 17.5 Å². The maximum atomic E-state index is 12.4. The molecule has 1 heterocycles. The lowest BCUT2D eigenvalue weighted by molar-refractivity contribution is -0.114. The maximum Gasteiger partial charge on any atom is 0.274 e. The van der Waals surface area contributed by atoms with Crippen LogP contribution in [-0.2, 0) is 4.79 Å². The zero-order valence-electron chi connectivity index (χ0n) is 15.6. The lowest BCUT2D eigenvalue weighted by Gasteiger charge is -2.11. The molecule has 0 unspecified atom stereocenters. The van der Waals surface area contributed by atoms with Crippen LogP contribution < -0.4 is 16.0 Å². The highest BCUT2D eigenvalue weighted by molar-refractivity contribution is 6.05. The first-order valence-corrected chi connectivity index (χ1v) is 8.43. The highest BCUT2D eigenvalue weighted by Gasteiger charge is 2.12. The summed E-state index contributed by atoms with van der Waals surface area (Å²) in [6.07, 6.45) is 1.42. The van der Waals surface area contributed by atoms with Crippen molar-refractivity contribution < 1.29 is 14.4 Å². The Kier molecular flexibility index (Phi) is 7.01. The van der Waals surface area contributed by atoms with E-state index in [1.165, 1.54) is 19.2 Å². The minimum Gasteiger partial charge on any atom is -0.351 e. The number of carbonyl (C=O) groups is 3. The number of pyridine rings is 1. The van der Waals surface area contributed by atoms with Crippen molar-refractivity contribution in [2.45, 2.75) is 6.92 Å². The molecule has 0 aliphatic heterocycles. The summed E-state index contributed by atoms with van der Waals surface area (Å²) in [6.45, 7) is 2.63. The highest BCUT2D eigenvalue weighted by atomic mass is 16.2. The van der Waals surface area contributed by atoms with Crippen LogP contribution in [0.25, 0.3) is 0 Å². The fourth-order valence-corrected chi connectivity index (χ4v) is 2.26. The number of aromatic nitrogens is 1. The molecular formula is C19H23N5O3. The summed E-state index contributed by atoms with van der Waals surface area (Å²) >= 11 is 0. The Morgan fingerprint density at radius 3 is 2.37 bits per heavy atom. The van der Waals surface area contributed by atoms with Gasteiger partial charge in [-0.25, -0.2) is 0 Å². The summed E-state index contributed by atoms with van der Waals surface area (Å²) < 4.78 is 0. The molecule has 2 aromatic rings. The van der Waals surface area contributed by atoms with Gasteiger partial charge in [0.1, 0.15) is 5.69 Å². The normalized spacial score (nSPS) is 10.4. The molecule has 1 aromatic heterocycles. The van der Waals surface area contributed by atoms with E-state index in [0.717, 1.165) is 6.54 Å². The molecule has 2 rings (SSSR count). The van der Waals surface area contributed by atoms with Gasteiger partial charge in [-0.3, -0.25) is 19.4 Å². The van der Waals surface area contributed by atoms with E-state index in [1.807, 2.05) is 19.0 Å². The monoisotopic (exact) mass is 369 g/mol. The Labute approximate surface area is 158 Å². The van der Waals surface area contributed by atoms with E-state index in [9.17, 15) is 14.4 Å². The SMILES string of the molecule is CC(=O)Nc1cccc(NC(=O)c2cc(C(=O)NCCN(C)C)ccn2)c1. The Bertz CT molecular complexity index is 836. The van der Waals surface area contributed by atoms with E-state index >= 15 is 0 Å². The fraction of sp³-hybridized carbons (Fsp3) is 0.263. The number of hydrogen-bond donors (Lipinski definition) is 3. The topological polar surface area (TPSA) is 103 Å². The van der Waals surface area contributed by atoms with Gasteiger partial charge in [-0.15, -0.1) is 0 Å². The summed E-state index contributed by atoms with van der Waals surface area (Å²) in [5, 5.41) is 8.14. The van der Waals surface area contributed by atoms with E-state index in [1.54, 1.807) is 30.3 Å². The summed E-state index contributed by atoms with van der Waals surface area (Å²) in [5.41, 5.74) is 1.57. The van der Waals surface area contributed by atoms with Crippen LogP contribution >= 0.6 is 0 Å². The first-order valence-electron chi connectivity index (χ1n) is 8.43. The summed E-state index contributed by atoms with van der Waals surface area (Å²) in [4.78, 5) is 41.7. The molecule has 0 bridgehead atoms. The second-order valence-corrected chi connectivity index (χ2v) is 6.21. The smallest absolute Gasteiger partial charge is 0.274 e. The van der Waals surface area contributed by atoms with E-state index in [0.29, 0.717) is 23.5 Å². The zero-order valence-corrected chi connectivity index (χ0v) is 15.6. The molecular weight excluding hydrogens is 346 g/mol. The molecule has 0 atom stereocenters. The molecule has 0 aliphatic carbocycles. The predicted octanol–water partition coefficient (Wildman–Crippen LogP) is 1.58. The first-order chi connectivity index (χ1) is 12.8. The van der Waals surface area contributed by atoms with Gasteiger partial charge in [0, 0.05) is 43.1 Å². The van der Waals surface area contributed by atoms with Crippen molar-refractivity contribution >= 4 is 29.1 Å². The molecule has 0 fully saturated rings. The van der Waals surface area contributed by atoms with Gasteiger partial charge in [0.05, 0.1) is 0 Å². The third kappa shape index (κ3) is 6.52. The van der Waals surface area contributed by atoms with E-state index in [4.69, 9.17) is 0 Å². The number of anilines is 2. The fourth-order valence-electron chi connectivity index (χ4n) is 2.26. The molecule has 3 amide bonds. The lowest BCUT2D eigenvalue weighted by Crippen LogP contribution is -2.31. The van der Waals surface area contributed by atoms with Crippen LogP contribution in [0.5, 0.6) is 0 Å². The van der Waals surface area contributed by atoms with Crippen LogP contribution in [0.2, 0.25) is 0 Å². The average Bonchev–Trinajstić information content (AvgIpc) is 2.61. The number of nitrogens with zero attached hydrogens (tertiary/aromatic N) is 2. The highest BCUT2D eigenvalue weighted by Crippen LogP contribution is 2.16. The molecule has 1 aromatic carbocycles. The van der Waals surface area contributed by atoms with Gasteiger partial charge in [0.2, 0.25) is 5.91 Å². The molecule has 0 radical (unpaired) electrons. The molecule has 8 nitrogen and oxygen atoms in total. The van der Waals surface area contributed by atoms with Crippen LogP contribution in [0.15, 0.2) is 42.6 Å². The minimum atomic E-state index is -0.446. The van der Waals surface area contributed by atoms with Crippen LogP contribution in [0.4, 0.5) is 11.4 Å². The van der Waals surface area contributed by atoms with Crippen LogP contribution in [-0.4, -0.2) is 54.8 Å². The van der Waals surface area contributed by atoms with Gasteiger partial charge in [-0.1, -0.05) is 6.07 Å². The molecule has 142 valence electrons. The van der Waals surface area contributed by atoms with Crippen molar-refractivity contribution in [3.05, 3.63) is 53.9 Å². The molecule has 0 saturated heterocycles. The van der Waals surface area contributed by atoms with Crippen LogP contribution in [0.3, 0.4) is 0 Å². The largest absolute Gasteiger partial charge is 0.351 e. The summed E-state index contributed by atoms with van der Waals surface area (Å²) in [5.74, 6) is -0.910. The van der Waals surface area contributed by atoms with Crippen molar-refractivity contribution in [2.24, 2.45) is 0 Å². The molecule has 0 saturated carbocycles. The molecule has 0 aliphatic rings. The van der Waals surface area contributed by atoms with Gasteiger partial charge < -0.3 is 20.9 Å². The van der Waals surface area contributed by atoms with Gasteiger partial charge >= 0.3 is 0 Å². The van der Waals surface area contributed by atoms with Crippen molar-refractivity contribution in [1.82, 2.24) is 15.2 Å². The number of amides is 3. The third-order valence-electron chi connectivity index (χ3n) is 3.54. The first kappa shape index (κ1) is 20.1. The Morgan fingerprint density at radius 1 is 1.00 bits per heavy atom. The van der Waals surface area contributed by atoms with Crippen LogP contribution in [0, 0.1) is 0 Å². The van der Waals surface area contributed by atoms with E-state index < -0.39 is 5.91 Å². The minimum absolute atomic E-state index is 0.125. The zero-order chi connectivity index (χ0) is 19.8. The Balaban J connectivity index is 2.04. The van der Waals surface area contributed by atoms with E-state index in [2.05, 4.69) is 20.9 Å². The summed E-state index contributed by atoms with van der Waals surface area (Å²) in [6, 6.07) is 9.76. The standard InChI is InChI=1S/C19H23N5O3/c1-13(25)22-15-5-4-6-16(12-15)23-19(27)17-11-14(7-8-20-17)18(26)21-9-10-24(2)3/h4-8,11-12H,9-10H2,1-3H3,(H,21,26)(H,22,25)(H,23,27). The van der Waals surface area contributed by atoms with Crippen molar-refractivity contribution in [1.29, 1.82) is 0 Å². The van der Waals surface area contributed by atoms with Crippen molar-refractivity contribution in [2.75, 3.05) is 37.8 Å². The Morgan fingerprint density at radius 2 is 1.70 bits per heavy atom. The maximum absolute atomic E-state index is 12.4. The Hall–Kier alpha value is -3.26. The number of carbonyl (C=O) groups excluding carboxylic acids is 3. The summed E-state index contributed by atoms with van der Waals surface area (Å²) in [7, 11) is 3.84. The second-order valence-electron chi connectivity index (χ2n) is 6.21. The molecule has 0 spiro atoms. The van der Waals surface area contributed by atoms with Gasteiger partial charge in [-0.05, 0) is 44.4 Å².